The van der Waals surface area contributed by atoms with E-state index in [9.17, 15) is 15.0 Å². The third-order valence-electron chi connectivity index (χ3n) is 4.58. The largest absolute Gasteiger partial charge is 0.389 e. The fraction of sp³-hybridized carbons (Fsp3) is 0.471. The quantitative estimate of drug-likeness (QED) is 0.665. The lowest BCUT2D eigenvalue weighted by atomic mass is 9.88. The van der Waals surface area contributed by atoms with Gasteiger partial charge in [0.1, 0.15) is 5.60 Å². The number of benzene rings is 1. The van der Waals surface area contributed by atoms with Gasteiger partial charge >= 0.3 is 0 Å². The zero-order valence-electron chi connectivity index (χ0n) is 13.2. The molecular formula is C17H23N3O3. The third-order valence-corrected chi connectivity index (χ3v) is 4.58. The Kier molecular flexibility index (Phi) is 4.39. The number of aliphatic hydroxyl groups is 2. The van der Waals surface area contributed by atoms with Crippen molar-refractivity contribution in [2.75, 3.05) is 19.6 Å². The molecule has 1 aliphatic heterocycles. The average Bonchev–Trinajstić information content (AvgIpc) is 2.97. The molecule has 6 heteroatoms. The molecule has 0 bridgehead atoms. The van der Waals surface area contributed by atoms with Gasteiger partial charge in [-0.05, 0) is 35.6 Å². The minimum Gasteiger partial charge on any atom is -0.389 e. The number of hydrogen-bond acceptors (Lipinski definition) is 4. The van der Waals surface area contributed by atoms with E-state index in [1.54, 1.807) is 0 Å². The molecule has 1 saturated heterocycles. The highest BCUT2D eigenvalue weighted by atomic mass is 16.3. The number of H-pyrrole nitrogens is 1. The van der Waals surface area contributed by atoms with Gasteiger partial charge < -0.3 is 20.5 Å². The summed E-state index contributed by atoms with van der Waals surface area (Å²) < 4.78 is 0. The minimum absolute atomic E-state index is 0.0899. The van der Waals surface area contributed by atoms with Gasteiger partial charge in [-0.15, -0.1) is 0 Å². The molecule has 0 saturated carbocycles. The highest BCUT2D eigenvalue weighted by molar-refractivity contribution is 5.79. The standard InChI is InChI=1S/C17H23N3O3/c1-12(21)19-11-17(23)5-7-20(10-16(17)22)9-13-2-3-15-14(8-13)4-6-18-15/h2-4,6,8,16,18,22-23H,5,7,9-11H2,1H3,(H,19,21)/t16-,17-/m1/s1. The second-order valence-electron chi connectivity index (χ2n) is 6.41. The topological polar surface area (TPSA) is 88.6 Å². The minimum atomic E-state index is -1.24. The molecule has 6 nitrogen and oxygen atoms in total. The summed E-state index contributed by atoms with van der Waals surface area (Å²) in [7, 11) is 0. The van der Waals surface area contributed by atoms with Crippen LogP contribution in [-0.4, -0.2) is 57.3 Å². The predicted molar refractivity (Wildman–Crippen MR) is 87.8 cm³/mol. The molecule has 2 atom stereocenters. The summed E-state index contributed by atoms with van der Waals surface area (Å²) in [5.41, 5.74) is 1.04. The van der Waals surface area contributed by atoms with Gasteiger partial charge in [-0.1, -0.05) is 6.07 Å². The Bertz CT molecular complexity index is 699. The van der Waals surface area contributed by atoms with Crippen LogP contribution >= 0.6 is 0 Å². The molecule has 1 amide bonds. The van der Waals surface area contributed by atoms with E-state index >= 15 is 0 Å². The fourth-order valence-corrected chi connectivity index (χ4v) is 3.11. The van der Waals surface area contributed by atoms with Crippen molar-refractivity contribution in [2.45, 2.75) is 31.6 Å². The smallest absolute Gasteiger partial charge is 0.216 e. The van der Waals surface area contributed by atoms with Crippen molar-refractivity contribution < 1.29 is 15.0 Å². The van der Waals surface area contributed by atoms with E-state index in [1.807, 2.05) is 12.3 Å². The molecule has 0 aliphatic carbocycles. The molecule has 1 fully saturated rings. The Morgan fingerprint density at radius 1 is 1.48 bits per heavy atom. The first-order valence-electron chi connectivity index (χ1n) is 7.89. The maximum absolute atomic E-state index is 11.0. The van der Waals surface area contributed by atoms with Crippen LogP contribution in [-0.2, 0) is 11.3 Å². The number of nitrogens with one attached hydrogen (secondary N) is 2. The van der Waals surface area contributed by atoms with Crippen LogP contribution in [0, 0.1) is 0 Å². The molecule has 2 aromatic rings. The number of carbonyl (C=O) groups is 1. The van der Waals surface area contributed by atoms with Gasteiger partial charge in [0.2, 0.25) is 5.91 Å². The van der Waals surface area contributed by atoms with Crippen LogP contribution in [0.2, 0.25) is 0 Å². The highest BCUT2D eigenvalue weighted by Crippen LogP contribution is 2.24. The maximum Gasteiger partial charge on any atom is 0.216 e. The molecule has 1 aromatic heterocycles. The van der Waals surface area contributed by atoms with Crippen molar-refractivity contribution in [1.29, 1.82) is 0 Å². The number of nitrogens with zero attached hydrogens (tertiary/aromatic N) is 1. The maximum atomic E-state index is 11.0. The van der Waals surface area contributed by atoms with Gasteiger partial charge in [-0.25, -0.2) is 0 Å². The molecule has 1 aliphatic rings. The predicted octanol–water partition coefficient (Wildman–Crippen LogP) is 0.602. The summed E-state index contributed by atoms with van der Waals surface area (Å²) >= 11 is 0. The number of likely N-dealkylation sites (tertiary alicyclic amines) is 1. The number of β-amino-alcohol motifs (C(OH)–C–C–N with tert-alkyl or cyclic N) is 1. The number of amides is 1. The normalized spacial score (nSPS) is 25.6. The molecule has 23 heavy (non-hydrogen) atoms. The van der Waals surface area contributed by atoms with E-state index in [2.05, 4.69) is 33.4 Å². The second kappa shape index (κ2) is 6.31. The molecule has 0 unspecified atom stereocenters. The fourth-order valence-electron chi connectivity index (χ4n) is 3.11. The van der Waals surface area contributed by atoms with Gasteiger partial charge in [0, 0.05) is 44.8 Å². The lowest BCUT2D eigenvalue weighted by Gasteiger charge is -2.42. The molecule has 0 radical (unpaired) electrons. The van der Waals surface area contributed by atoms with Crippen LogP contribution in [0.25, 0.3) is 10.9 Å². The van der Waals surface area contributed by atoms with Crippen LogP contribution in [0.5, 0.6) is 0 Å². The highest BCUT2D eigenvalue weighted by Gasteiger charge is 2.40. The van der Waals surface area contributed by atoms with Crippen molar-refractivity contribution in [3.8, 4) is 0 Å². The molecular weight excluding hydrogens is 294 g/mol. The van der Waals surface area contributed by atoms with E-state index in [-0.39, 0.29) is 12.5 Å². The Balaban J connectivity index is 1.62. The zero-order chi connectivity index (χ0) is 16.4. The van der Waals surface area contributed by atoms with Crippen LogP contribution in [0.1, 0.15) is 18.9 Å². The summed E-state index contributed by atoms with van der Waals surface area (Å²) in [6.45, 7) is 3.29. The van der Waals surface area contributed by atoms with Crippen LogP contribution in [0.15, 0.2) is 30.5 Å². The number of aliphatic hydroxyl groups excluding tert-OH is 1. The number of aromatic nitrogens is 1. The molecule has 0 spiro atoms. The van der Waals surface area contributed by atoms with Gasteiger partial charge in [0.15, 0.2) is 0 Å². The molecule has 3 rings (SSSR count). The number of aromatic amines is 1. The van der Waals surface area contributed by atoms with E-state index in [0.29, 0.717) is 19.5 Å². The van der Waals surface area contributed by atoms with Crippen molar-refractivity contribution in [1.82, 2.24) is 15.2 Å². The lowest BCUT2D eigenvalue weighted by Crippen LogP contribution is -2.59. The van der Waals surface area contributed by atoms with Gasteiger partial charge in [-0.2, -0.15) is 0 Å². The summed E-state index contributed by atoms with van der Waals surface area (Å²) in [6.07, 6.45) is 1.47. The van der Waals surface area contributed by atoms with E-state index in [1.165, 1.54) is 17.9 Å². The first-order chi connectivity index (χ1) is 11.0. The van der Waals surface area contributed by atoms with Crippen LogP contribution < -0.4 is 5.32 Å². The van der Waals surface area contributed by atoms with Crippen molar-refractivity contribution in [3.05, 3.63) is 36.0 Å². The second-order valence-corrected chi connectivity index (χ2v) is 6.41. The van der Waals surface area contributed by atoms with Crippen molar-refractivity contribution in [3.63, 3.8) is 0 Å². The number of carbonyl (C=O) groups excluding carboxylic acids is 1. The van der Waals surface area contributed by atoms with Gasteiger partial charge in [-0.3, -0.25) is 9.69 Å². The number of fused-ring (bicyclic) bond motifs is 1. The van der Waals surface area contributed by atoms with E-state index in [0.717, 1.165) is 12.1 Å². The van der Waals surface area contributed by atoms with Gasteiger partial charge in [0.25, 0.3) is 0 Å². The number of rotatable bonds is 4. The summed E-state index contributed by atoms with van der Waals surface area (Å²) in [4.78, 5) is 16.3. The Morgan fingerprint density at radius 3 is 3.04 bits per heavy atom. The Hall–Kier alpha value is -1.89. The SMILES string of the molecule is CC(=O)NC[C@]1(O)CCN(Cc2ccc3[nH]ccc3c2)C[C@H]1O. The summed E-state index contributed by atoms with van der Waals surface area (Å²) in [5, 5.41) is 24.5. The Labute approximate surface area is 135 Å². The van der Waals surface area contributed by atoms with Crippen molar-refractivity contribution in [2.24, 2.45) is 0 Å². The number of hydrogen-bond donors (Lipinski definition) is 4. The molecule has 124 valence electrons. The first kappa shape index (κ1) is 16.0. The van der Waals surface area contributed by atoms with Crippen LogP contribution in [0.4, 0.5) is 0 Å². The van der Waals surface area contributed by atoms with E-state index in [4.69, 9.17) is 0 Å². The van der Waals surface area contributed by atoms with Crippen molar-refractivity contribution >= 4 is 16.8 Å². The van der Waals surface area contributed by atoms with E-state index < -0.39 is 11.7 Å². The van der Waals surface area contributed by atoms with Gasteiger partial charge in [0.05, 0.1) is 6.10 Å². The lowest BCUT2D eigenvalue weighted by molar-refractivity contribution is -0.130. The summed E-state index contributed by atoms with van der Waals surface area (Å²) in [6, 6.07) is 8.30. The third kappa shape index (κ3) is 3.55. The monoisotopic (exact) mass is 317 g/mol. The molecule has 2 heterocycles. The Morgan fingerprint density at radius 2 is 2.30 bits per heavy atom. The zero-order valence-corrected chi connectivity index (χ0v) is 13.2. The molecule has 1 aromatic carbocycles. The molecule has 4 N–H and O–H groups in total. The number of piperidine rings is 1. The summed E-state index contributed by atoms with van der Waals surface area (Å²) in [5.74, 6) is -0.201. The first-order valence-corrected chi connectivity index (χ1v) is 7.89. The average molecular weight is 317 g/mol. The van der Waals surface area contributed by atoms with Crippen LogP contribution in [0.3, 0.4) is 0 Å².